The first-order valence-corrected chi connectivity index (χ1v) is 5.72. The van der Waals surface area contributed by atoms with Crippen LogP contribution in [0, 0.1) is 0 Å². The van der Waals surface area contributed by atoms with Gasteiger partial charge in [0.25, 0.3) is 0 Å². The Hall–Kier alpha value is -0.740. The van der Waals surface area contributed by atoms with Gasteiger partial charge < -0.3 is 9.47 Å². The average molecular weight is 226 g/mol. The molecule has 0 saturated heterocycles. The predicted octanol–water partition coefficient (Wildman–Crippen LogP) is 2.54. The van der Waals surface area contributed by atoms with Crippen molar-refractivity contribution in [2.75, 3.05) is 19.8 Å². The number of thiocarbonyl (C=S) groups is 1. The van der Waals surface area contributed by atoms with Crippen molar-refractivity contribution in [3.63, 3.8) is 0 Å². The summed E-state index contributed by atoms with van der Waals surface area (Å²) in [4.78, 5) is 1.95. The standard InChI is InChI=1S/C10H14N2S2/c1-11(2)10(13)14-9-5-8-12-6-3-4-7-12/h3-8H,9H2,1-2H3/b8-5+. The zero-order valence-electron chi connectivity index (χ0n) is 8.38. The summed E-state index contributed by atoms with van der Waals surface area (Å²) in [6.45, 7) is 0. The average Bonchev–Trinajstić information content (AvgIpc) is 2.64. The van der Waals surface area contributed by atoms with Crippen LogP contribution < -0.4 is 0 Å². The Morgan fingerprint density at radius 1 is 1.43 bits per heavy atom. The molecule has 0 aliphatic rings. The highest BCUT2D eigenvalue weighted by molar-refractivity contribution is 8.23. The molecule has 14 heavy (non-hydrogen) atoms. The smallest absolute Gasteiger partial charge is 0.136 e. The molecule has 76 valence electrons. The van der Waals surface area contributed by atoms with Gasteiger partial charge >= 0.3 is 0 Å². The molecule has 0 saturated carbocycles. The highest BCUT2D eigenvalue weighted by atomic mass is 32.2. The lowest BCUT2D eigenvalue weighted by molar-refractivity contribution is 0.648. The minimum absolute atomic E-state index is 0.912. The Morgan fingerprint density at radius 3 is 2.64 bits per heavy atom. The van der Waals surface area contributed by atoms with Crippen molar-refractivity contribution in [3.05, 3.63) is 30.6 Å². The molecule has 0 aliphatic heterocycles. The van der Waals surface area contributed by atoms with Gasteiger partial charge in [-0.3, -0.25) is 0 Å². The summed E-state index contributed by atoms with van der Waals surface area (Å²) in [5.41, 5.74) is 0. The second kappa shape index (κ2) is 5.88. The molecule has 4 heteroatoms. The third-order valence-electron chi connectivity index (χ3n) is 1.57. The van der Waals surface area contributed by atoms with Gasteiger partial charge in [0, 0.05) is 38.4 Å². The molecule has 0 aromatic carbocycles. The van der Waals surface area contributed by atoms with Gasteiger partial charge in [-0.1, -0.05) is 30.1 Å². The van der Waals surface area contributed by atoms with E-state index in [9.17, 15) is 0 Å². The van der Waals surface area contributed by atoms with Crippen LogP contribution in [-0.2, 0) is 0 Å². The predicted molar refractivity (Wildman–Crippen MR) is 68.5 cm³/mol. The monoisotopic (exact) mass is 226 g/mol. The Morgan fingerprint density at radius 2 is 2.07 bits per heavy atom. The number of hydrogen-bond acceptors (Lipinski definition) is 2. The van der Waals surface area contributed by atoms with E-state index in [4.69, 9.17) is 12.2 Å². The lowest BCUT2D eigenvalue weighted by atomic mass is 10.7. The summed E-state index contributed by atoms with van der Waals surface area (Å²) in [7, 11) is 3.93. The minimum Gasteiger partial charge on any atom is -0.364 e. The molecule has 0 fully saturated rings. The van der Waals surface area contributed by atoms with Crippen molar-refractivity contribution in [2.45, 2.75) is 0 Å². The van der Waals surface area contributed by atoms with Crippen molar-refractivity contribution in [1.82, 2.24) is 9.47 Å². The van der Waals surface area contributed by atoms with Crippen LogP contribution >= 0.6 is 24.0 Å². The van der Waals surface area contributed by atoms with Gasteiger partial charge in [0.15, 0.2) is 0 Å². The fraction of sp³-hybridized carbons (Fsp3) is 0.300. The van der Waals surface area contributed by atoms with E-state index in [0.29, 0.717) is 0 Å². The largest absolute Gasteiger partial charge is 0.364 e. The molecular formula is C10H14N2S2. The van der Waals surface area contributed by atoms with E-state index in [2.05, 4.69) is 6.08 Å². The van der Waals surface area contributed by atoms with Crippen molar-refractivity contribution >= 4 is 34.5 Å². The van der Waals surface area contributed by atoms with Crippen LogP contribution in [0.4, 0.5) is 0 Å². The topological polar surface area (TPSA) is 8.17 Å². The van der Waals surface area contributed by atoms with Crippen LogP contribution in [0.15, 0.2) is 30.6 Å². The van der Waals surface area contributed by atoms with Crippen LogP contribution in [-0.4, -0.2) is 33.6 Å². The van der Waals surface area contributed by atoms with Crippen molar-refractivity contribution < 1.29 is 0 Å². The number of nitrogens with zero attached hydrogens (tertiary/aromatic N) is 2. The molecule has 0 radical (unpaired) electrons. The van der Waals surface area contributed by atoms with Crippen molar-refractivity contribution in [1.29, 1.82) is 0 Å². The Bertz CT molecular complexity index is 302. The zero-order chi connectivity index (χ0) is 10.4. The van der Waals surface area contributed by atoms with Crippen LogP contribution in [0.2, 0.25) is 0 Å². The Kier molecular flexibility index (Phi) is 4.76. The van der Waals surface area contributed by atoms with E-state index >= 15 is 0 Å². The molecule has 0 unspecified atom stereocenters. The van der Waals surface area contributed by atoms with E-state index in [1.54, 1.807) is 11.8 Å². The normalized spacial score (nSPS) is 10.7. The molecule has 2 nitrogen and oxygen atoms in total. The molecule has 0 N–H and O–H groups in total. The summed E-state index contributed by atoms with van der Waals surface area (Å²) in [6, 6.07) is 4.00. The lowest BCUT2D eigenvalue weighted by Crippen LogP contribution is -2.16. The molecule has 0 atom stereocenters. The zero-order valence-corrected chi connectivity index (χ0v) is 10.0. The highest BCUT2D eigenvalue weighted by Crippen LogP contribution is 2.06. The highest BCUT2D eigenvalue weighted by Gasteiger charge is 1.96. The fourth-order valence-electron chi connectivity index (χ4n) is 0.860. The molecule has 0 aliphatic carbocycles. The van der Waals surface area contributed by atoms with E-state index in [0.717, 1.165) is 10.1 Å². The first-order chi connectivity index (χ1) is 6.70. The lowest BCUT2D eigenvalue weighted by Gasteiger charge is -2.10. The van der Waals surface area contributed by atoms with Gasteiger partial charge in [-0.25, -0.2) is 0 Å². The molecule has 1 heterocycles. The second-order valence-electron chi connectivity index (χ2n) is 2.99. The van der Waals surface area contributed by atoms with Gasteiger partial charge in [0.1, 0.15) is 4.32 Å². The molecule has 0 amide bonds. The maximum atomic E-state index is 5.14. The maximum Gasteiger partial charge on any atom is 0.136 e. The van der Waals surface area contributed by atoms with Crippen LogP contribution in [0.3, 0.4) is 0 Å². The SMILES string of the molecule is CN(C)C(=S)SC/C=C/n1cccc1. The van der Waals surface area contributed by atoms with E-state index in [1.165, 1.54) is 0 Å². The first-order valence-electron chi connectivity index (χ1n) is 4.33. The summed E-state index contributed by atoms with van der Waals surface area (Å²) >= 11 is 6.80. The van der Waals surface area contributed by atoms with Crippen molar-refractivity contribution in [2.24, 2.45) is 0 Å². The minimum atomic E-state index is 0.912. The molecule has 0 spiro atoms. The van der Waals surface area contributed by atoms with Crippen LogP contribution in [0.1, 0.15) is 0 Å². The molecule has 0 bridgehead atoms. The second-order valence-corrected chi connectivity index (χ2v) is 4.64. The summed E-state index contributed by atoms with van der Waals surface area (Å²) in [5, 5.41) is 0. The molecule has 1 rings (SSSR count). The van der Waals surface area contributed by atoms with Crippen LogP contribution in [0.25, 0.3) is 6.20 Å². The van der Waals surface area contributed by atoms with Gasteiger partial charge in [-0.05, 0) is 12.1 Å². The molecular weight excluding hydrogens is 212 g/mol. The van der Waals surface area contributed by atoms with Crippen LogP contribution in [0.5, 0.6) is 0 Å². The quantitative estimate of drug-likeness (QED) is 0.732. The number of rotatable bonds is 3. The van der Waals surface area contributed by atoms with Gasteiger partial charge in [-0.15, -0.1) is 0 Å². The Labute approximate surface area is 94.6 Å². The fourth-order valence-corrected chi connectivity index (χ4v) is 1.65. The number of aromatic nitrogens is 1. The summed E-state index contributed by atoms with van der Waals surface area (Å²) in [6.07, 6.45) is 8.14. The third kappa shape index (κ3) is 3.98. The number of thioether (sulfide) groups is 1. The van der Waals surface area contributed by atoms with Gasteiger partial charge in [0.05, 0.1) is 0 Å². The molecule has 1 aromatic rings. The van der Waals surface area contributed by atoms with E-state index < -0.39 is 0 Å². The van der Waals surface area contributed by atoms with E-state index in [1.807, 2.05) is 54.3 Å². The third-order valence-corrected chi connectivity index (χ3v) is 3.26. The van der Waals surface area contributed by atoms with Crippen molar-refractivity contribution in [3.8, 4) is 0 Å². The summed E-state index contributed by atoms with van der Waals surface area (Å²) < 4.78 is 2.93. The first kappa shape index (κ1) is 11.3. The number of hydrogen-bond donors (Lipinski definition) is 0. The molecule has 1 aromatic heterocycles. The van der Waals surface area contributed by atoms with Gasteiger partial charge in [-0.2, -0.15) is 0 Å². The van der Waals surface area contributed by atoms with Gasteiger partial charge in [0.2, 0.25) is 0 Å². The maximum absolute atomic E-state index is 5.14. The summed E-state index contributed by atoms with van der Waals surface area (Å²) in [5.74, 6) is 0.912. The Balaban J connectivity index is 2.25. The van der Waals surface area contributed by atoms with E-state index in [-0.39, 0.29) is 0 Å².